The van der Waals surface area contributed by atoms with Crippen LogP contribution in [-0.2, 0) is 11.8 Å². The molecule has 0 saturated carbocycles. The number of aromatic nitrogens is 2. The maximum absolute atomic E-state index is 11.9. The van der Waals surface area contributed by atoms with E-state index in [4.69, 9.17) is 9.84 Å². The molecule has 2 rings (SSSR count). The van der Waals surface area contributed by atoms with Crippen LogP contribution >= 0.6 is 0 Å². The predicted molar refractivity (Wildman–Crippen MR) is 62.3 cm³/mol. The Morgan fingerprint density at radius 2 is 2.17 bits per heavy atom. The van der Waals surface area contributed by atoms with Crippen molar-refractivity contribution in [3.05, 3.63) is 32.6 Å². The van der Waals surface area contributed by atoms with E-state index in [0.29, 0.717) is 5.56 Å². The molecule has 18 heavy (non-hydrogen) atoms. The fraction of sp³-hybridized carbons (Fsp3) is 0.636. The van der Waals surface area contributed by atoms with Gasteiger partial charge in [0.15, 0.2) is 0 Å². The molecule has 0 bridgehead atoms. The number of hydrogen-bond acceptors (Lipinski definition) is 5. The number of aliphatic hydroxyl groups is 2. The molecule has 1 aromatic heterocycles. The molecule has 1 aliphatic rings. The monoisotopic (exact) mass is 256 g/mol. The van der Waals surface area contributed by atoms with Crippen LogP contribution in [0.4, 0.5) is 0 Å². The summed E-state index contributed by atoms with van der Waals surface area (Å²) in [5.41, 5.74) is -0.433. The first-order valence-electron chi connectivity index (χ1n) is 5.69. The van der Waals surface area contributed by atoms with Crippen molar-refractivity contribution < 1.29 is 14.9 Å². The van der Waals surface area contributed by atoms with Gasteiger partial charge in [-0.15, -0.1) is 0 Å². The Labute approximate surface area is 103 Å². The summed E-state index contributed by atoms with van der Waals surface area (Å²) >= 11 is 0. The van der Waals surface area contributed by atoms with Gasteiger partial charge in [0.25, 0.3) is 5.56 Å². The summed E-state index contributed by atoms with van der Waals surface area (Å²) in [4.78, 5) is 23.5. The maximum Gasteiger partial charge on any atom is 0.332 e. The van der Waals surface area contributed by atoms with E-state index in [1.165, 1.54) is 17.8 Å². The molecule has 7 heteroatoms. The van der Waals surface area contributed by atoms with Crippen LogP contribution in [0.2, 0.25) is 0 Å². The molecule has 2 N–H and O–H groups in total. The molecular weight excluding hydrogens is 240 g/mol. The van der Waals surface area contributed by atoms with Gasteiger partial charge in [-0.3, -0.25) is 13.9 Å². The fourth-order valence-corrected chi connectivity index (χ4v) is 2.10. The molecule has 0 aromatic carbocycles. The van der Waals surface area contributed by atoms with Gasteiger partial charge >= 0.3 is 5.69 Å². The summed E-state index contributed by atoms with van der Waals surface area (Å²) in [6.07, 6.45) is -0.538. The molecule has 1 saturated heterocycles. The number of aryl methyl sites for hydroxylation is 1. The van der Waals surface area contributed by atoms with E-state index in [9.17, 15) is 14.7 Å². The minimum Gasteiger partial charge on any atom is -0.394 e. The zero-order chi connectivity index (χ0) is 13.4. The van der Waals surface area contributed by atoms with Crippen LogP contribution in [0.3, 0.4) is 0 Å². The highest BCUT2D eigenvalue weighted by atomic mass is 16.5. The average molecular weight is 256 g/mol. The lowest BCUT2D eigenvalue weighted by Crippen LogP contribution is -2.40. The second-order valence-electron chi connectivity index (χ2n) is 4.48. The highest BCUT2D eigenvalue weighted by Gasteiger charge is 2.35. The van der Waals surface area contributed by atoms with Crippen LogP contribution in [-0.4, -0.2) is 38.2 Å². The molecular formula is C11H16N2O5. The van der Waals surface area contributed by atoms with E-state index in [-0.39, 0.29) is 18.6 Å². The zero-order valence-corrected chi connectivity index (χ0v) is 10.2. The Morgan fingerprint density at radius 1 is 1.50 bits per heavy atom. The Kier molecular flexibility index (Phi) is 3.38. The summed E-state index contributed by atoms with van der Waals surface area (Å²) < 4.78 is 7.66. The highest BCUT2D eigenvalue weighted by Crippen LogP contribution is 2.27. The van der Waals surface area contributed by atoms with Gasteiger partial charge in [0.1, 0.15) is 12.3 Å². The predicted octanol–water partition coefficient (Wildman–Crippen LogP) is -1.50. The minimum atomic E-state index is -0.815. The van der Waals surface area contributed by atoms with Crippen LogP contribution < -0.4 is 11.2 Å². The molecule has 3 atom stereocenters. The number of aliphatic hydroxyl groups excluding tert-OH is 2. The lowest BCUT2D eigenvalue weighted by Gasteiger charge is -2.16. The van der Waals surface area contributed by atoms with Gasteiger partial charge in [-0.25, -0.2) is 4.79 Å². The largest absolute Gasteiger partial charge is 0.394 e. The molecule has 0 radical (unpaired) electrons. The first kappa shape index (κ1) is 13.0. The summed E-state index contributed by atoms with van der Waals surface area (Å²) in [5.74, 6) is 0. The lowest BCUT2D eigenvalue weighted by molar-refractivity contribution is -0.0463. The molecule has 1 aliphatic heterocycles. The van der Waals surface area contributed by atoms with E-state index in [0.717, 1.165) is 4.57 Å². The number of nitrogens with zero attached hydrogens (tertiary/aromatic N) is 2. The third kappa shape index (κ3) is 2.00. The minimum absolute atomic E-state index is 0.211. The third-order valence-corrected chi connectivity index (χ3v) is 3.18. The molecule has 0 spiro atoms. The molecule has 100 valence electrons. The second kappa shape index (κ2) is 4.68. The number of hydrogen-bond donors (Lipinski definition) is 2. The van der Waals surface area contributed by atoms with Gasteiger partial charge in [0.05, 0.1) is 12.7 Å². The topological polar surface area (TPSA) is 93.7 Å². The van der Waals surface area contributed by atoms with Gasteiger partial charge in [0, 0.05) is 25.2 Å². The first-order chi connectivity index (χ1) is 8.45. The van der Waals surface area contributed by atoms with Crippen LogP contribution in [0, 0.1) is 6.92 Å². The van der Waals surface area contributed by atoms with Crippen molar-refractivity contribution >= 4 is 0 Å². The molecule has 0 aliphatic carbocycles. The van der Waals surface area contributed by atoms with Crippen molar-refractivity contribution in [2.75, 3.05) is 6.61 Å². The van der Waals surface area contributed by atoms with E-state index in [1.54, 1.807) is 6.92 Å². The van der Waals surface area contributed by atoms with E-state index >= 15 is 0 Å². The van der Waals surface area contributed by atoms with E-state index < -0.39 is 24.1 Å². The van der Waals surface area contributed by atoms with Crippen molar-refractivity contribution in [2.24, 2.45) is 7.05 Å². The second-order valence-corrected chi connectivity index (χ2v) is 4.48. The van der Waals surface area contributed by atoms with Gasteiger partial charge in [-0.05, 0) is 6.92 Å². The molecule has 1 fully saturated rings. The van der Waals surface area contributed by atoms with Crippen molar-refractivity contribution in [3.8, 4) is 0 Å². The Bertz CT molecular complexity index is 562. The Morgan fingerprint density at radius 3 is 2.72 bits per heavy atom. The van der Waals surface area contributed by atoms with Gasteiger partial charge in [-0.2, -0.15) is 0 Å². The number of rotatable bonds is 2. The van der Waals surface area contributed by atoms with Crippen LogP contribution in [0.25, 0.3) is 0 Å². The van der Waals surface area contributed by atoms with Crippen molar-refractivity contribution in [3.63, 3.8) is 0 Å². The molecule has 7 nitrogen and oxygen atoms in total. The highest BCUT2D eigenvalue weighted by molar-refractivity contribution is 5.03. The average Bonchev–Trinajstić information content (AvgIpc) is 2.72. The fourth-order valence-electron chi connectivity index (χ4n) is 2.10. The molecule has 1 aromatic rings. The third-order valence-electron chi connectivity index (χ3n) is 3.18. The van der Waals surface area contributed by atoms with Crippen molar-refractivity contribution in [2.45, 2.75) is 31.8 Å². The quantitative estimate of drug-likeness (QED) is 0.671. The Hall–Kier alpha value is -1.44. The molecule has 2 heterocycles. The lowest BCUT2D eigenvalue weighted by atomic mass is 10.2. The SMILES string of the molecule is Cc1cn([C@H]2C[C@@H](O)[C@H](CO)O2)c(=O)n(C)c1=O. The van der Waals surface area contributed by atoms with E-state index in [2.05, 4.69) is 0 Å². The standard InChI is InChI=1S/C11H16N2O5/c1-6-4-13(11(17)12(2)10(6)16)9-3-7(15)8(5-14)18-9/h4,7-9,14-15H,3,5H2,1-2H3/t7-,8+,9-/m1/s1. The summed E-state index contributed by atoms with van der Waals surface area (Å²) in [6, 6.07) is 0. The van der Waals surface area contributed by atoms with E-state index in [1.807, 2.05) is 0 Å². The molecule has 0 unspecified atom stereocenters. The normalized spacial score (nSPS) is 27.7. The van der Waals surface area contributed by atoms with Crippen molar-refractivity contribution in [1.29, 1.82) is 0 Å². The zero-order valence-electron chi connectivity index (χ0n) is 10.2. The van der Waals surface area contributed by atoms with Gasteiger partial charge < -0.3 is 14.9 Å². The summed E-state index contributed by atoms with van der Waals surface area (Å²) in [7, 11) is 1.39. The maximum atomic E-state index is 11.9. The number of ether oxygens (including phenoxy) is 1. The van der Waals surface area contributed by atoms with Gasteiger partial charge in [-0.1, -0.05) is 0 Å². The molecule has 0 amide bonds. The van der Waals surface area contributed by atoms with Gasteiger partial charge in [0.2, 0.25) is 0 Å². The summed E-state index contributed by atoms with van der Waals surface area (Å²) in [5, 5.41) is 18.6. The van der Waals surface area contributed by atoms with Crippen LogP contribution in [0.1, 0.15) is 18.2 Å². The smallest absolute Gasteiger partial charge is 0.332 e. The Balaban J connectivity index is 2.42. The summed E-state index contributed by atoms with van der Waals surface area (Å²) in [6.45, 7) is 1.30. The van der Waals surface area contributed by atoms with Crippen LogP contribution in [0.5, 0.6) is 0 Å². The van der Waals surface area contributed by atoms with Crippen molar-refractivity contribution in [1.82, 2.24) is 9.13 Å². The van der Waals surface area contributed by atoms with Crippen LogP contribution in [0.15, 0.2) is 15.8 Å². The first-order valence-corrected chi connectivity index (χ1v) is 5.69.